The number of nitrogen functional groups attached to an aromatic ring is 2. The maximum Gasteiger partial charge on any atom is 0.341 e. The number of hydrogen-bond donors (Lipinski definition) is 2. The van der Waals surface area contributed by atoms with Crippen LogP contribution in [-0.2, 0) is 10.1 Å². The molecule has 2 rings (SSSR count). The van der Waals surface area contributed by atoms with E-state index in [-0.39, 0.29) is 27.0 Å². The molecule has 5 nitrogen and oxygen atoms in total. The molecule has 0 unspecified atom stereocenters. The minimum Gasteiger partial charge on any atom is -0.399 e. The summed E-state index contributed by atoms with van der Waals surface area (Å²) in [5, 5.41) is 0.403. The van der Waals surface area contributed by atoms with Crippen LogP contribution in [0.4, 0.5) is 11.4 Å². The molecule has 2 aromatic carbocycles. The topological polar surface area (TPSA) is 95.4 Å². The van der Waals surface area contributed by atoms with Gasteiger partial charge in [-0.3, -0.25) is 0 Å². The van der Waals surface area contributed by atoms with Gasteiger partial charge in [-0.25, -0.2) is 0 Å². The first kappa shape index (κ1) is 14.8. The predicted molar refractivity (Wildman–Crippen MR) is 79.5 cm³/mol. The Morgan fingerprint density at radius 2 is 1.70 bits per heavy atom. The van der Waals surface area contributed by atoms with Crippen molar-refractivity contribution in [1.29, 1.82) is 0 Å². The highest BCUT2D eigenvalue weighted by Crippen LogP contribution is 2.31. The van der Waals surface area contributed by atoms with E-state index >= 15 is 0 Å². The van der Waals surface area contributed by atoms with Gasteiger partial charge in [0.25, 0.3) is 0 Å². The van der Waals surface area contributed by atoms with Crippen molar-refractivity contribution in [3.63, 3.8) is 0 Å². The fraction of sp³-hybridized carbons (Fsp3) is 0. The third kappa shape index (κ3) is 3.09. The summed E-state index contributed by atoms with van der Waals surface area (Å²) in [7, 11) is -4.15. The minimum atomic E-state index is -4.15. The van der Waals surface area contributed by atoms with Crippen LogP contribution in [0.3, 0.4) is 0 Å². The van der Waals surface area contributed by atoms with Crippen molar-refractivity contribution in [2.45, 2.75) is 4.90 Å². The number of halogens is 2. The van der Waals surface area contributed by atoms with Gasteiger partial charge in [0, 0.05) is 16.8 Å². The van der Waals surface area contributed by atoms with Crippen LogP contribution >= 0.6 is 23.2 Å². The van der Waals surface area contributed by atoms with E-state index < -0.39 is 10.1 Å². The van der Waals surface area contributed by atoms with E-state index in [1.54, 1.807) is 0 Å². The van der Waals surface area contributed by atoms with Crippen LogP contribution in [-0.4, -0.2) is 8.42 Å². The maximum absolute atomic E-state index is 12.2. The molecule has 0 saturated heterocycles. The molecular formula is C12H10Cl2N2O3S. The van der Waals surface area contributed by atoms with E-state index in [0.29, 0.717) is 5.02 Å². The van der Waals surface area contributed by atoms with Crippen molar-refractivity contribution in [2.75, 3.05) is 11.5 Å². The third-order valence-electron chi connectivity index (χ3n) is 2.40. The van der Waals surface area contributed by atoms with Crippen LogP contribution in [0.25, 0.3) is 0 Å². The van der Waals surface area contributed by atoms with Crippen LogP contribution in [0.15, 0.2) is 41.3 Å². The SMILES string of the molecule is Nc1ccc(N)c(S(=O)(=O)Oc2cc(Cl)ccc2Cl)c1. The van der Waals surface area contributed by atoms with Crippen molar-refractivity contribution in [3.05, 3.63) is 46.4 Å². The van der Waals surface area contributed by atoms with Crippen molar-refractivity contribution in [3.8, 4) is 5.75 Å². The largest absolute Gasteiger partial charge is 0.399 e. The lowest BCUT2D eigenvalue weighted by atomic mass is 10.3. The molecule has 106 valence electrons. The van der Waals surface area contributed by atoms with Crippen LogP contribution in [0.1, 0.15) is 0 Å². The second-order valence-electron chi connectivity index (χ2n) is 3.91. The van der Waals surface area contributed by atoms with Gasteiger partial charge in [-0.05, 0) is 30.3 Å². The summed E-state index contributed by atoms with van der Waals surface area (Å²) >= 11 is 11.6. The number of benzene rings is 2. The summed E-state index contributed by atoms with van der Waals surface area (Å²) in [6.45, 7) is 0. The lowest BCUT2D eigenvalue weighted by molar-refractivity contribution is 0.486. The van der Waals surface area contributed by atoms with Gasteiger partial charge in [-0.2, -0.15) is 8.42 Å². The van der Waals surface area contributed by atoms with Gasteiger partial charge in [0.2, 0.25) is 0 Å². The molecule has 20 heavy (non-hydrogen) atoms. The summed E-state index contributed by atoms with van der Waals surface area (Å²) in [5.41, 5.74) is 11.4. The number of nitrogens with two attached hydrogens (primary N) is 2. The zero-order chi connectivity index (χ0) is 14.9. The van der Waals surface area contributed by atoms with Crippen LogP contribution in [0, 0.1) is 0 Å². The Kier molecular flexibility index (Phi) is 3.99. The molecule has 0 amide bonds. The molecule has 0 aliphatic carbocycles. The lowest BCUT2D eigenvalue weighted by Gasteiger charge is -2.11. The number of anilines is 2. The molecule has 0 spiro atoms. The van der Waals surface area contributed by atoms with E-state index in [1.807, 2.05) is 0 Å². The van der Waals surface area contributed by atoms with Crippen LogP contribution < -0.4 is 15.7 Å². The minimum absolute atomic E-state index is 0.0253. The second-order valence-corrected chi connectivity index (χ2v) is 6.27. The molecule has 0 radical (unpaired) electrons. The van der Waals surface area contributed by atoms with Gasteiger partial charge in [0.1, 0.15) is 4.90 Å². The van der Waals surface area contributed by atoms with E-state index in [9.17, 15) is 8.42 Å². The monoisotopic (exact) mass is 332 g/mol. The molecule has 0 bridgehead atoms. The Bertz CT molecular complexity index is 763. The van der Waals surface area contributed by atoms with Crippen molar-refractivity contribution < 1.29 is 12.6 Å². The summed E-state index contributed by atoms with van der Waals surface area (Å²) in [6.07, 6.45) is 0. The Balaban J connectivity index is 2.46. The van der Waals surface area contributed by atoms with Gasteiger partial charge >= 0.3 is 10.1 Å². The summed E-state index contributed by atoms with van der Waals surface area (Å²) < 4.78 is 29.3. The highest BCUT2D eigenvalue weighted by molar-refractivity contribution is 7.87. The Labute approximate surface area is 126 Å². The van der Waals surface area contributed by atoms with Crippen molar-refractivity contribution in [1.82, 2.24) is 0 Å². The lowest BCUT2D eigenvalue weighted by Crippen LogP contribution is -2.12. The smallest absolute Gasteiger partial charge is 0.341 e. The average molecular weight is 333 g/mol. The number of rotatable bonds is 3. The van der Waals surface area contributed by atoms with Crippen molar-refractivity contribution in [2.24, 2.45) is 0 Å². The Morgan fingerprint density at radius 1 is 1.00 bits per heavy atom. The highest BCUT2D eigenvalue weighted by atomic mass is 35.5. The molecule has 0 fully saturated rings. The molecule has 8 heteroatoms. The molecule has 4 N–H and O–H groups in total. The van der Waals surface area contributed by atoms with Gasteiger partial charge in [0.15, 0.2) is 5.75 Å². The van der Waals surface area contributed by atoms with E-state index in [4.69, 9.17) is 38.9 Å². The van der Waals surface area contributed by atoms with Gasteiger partial charge in [-0.15, -0.1) is 0 Å². The molecular weight excluding hydrogens is 323 g/mol. The first-order valence-corrected chi connectivity index (χ1v) is 7.50. The van der Waals surface area contributed by atoms with E-state index in [0.717, 1.165) is 0 Å². The highest BCUT2D eigenvalue weighted by Gasteiger charge is 2.21. The molecule has 0 aliphatic rings. The predicted octanol–water partition coefficient (Wildman–Crippen LogP) is 2.93. The van der Waals surface area contributed by atoms with E-state index in [1.165, 1.54) is 36.4 Å². The molecule has 0 heterocycles. The van der Waals surface area contributed by atoms with Gasteiger partial charge < -0.3 is 15.7 Å². The Hall–Kier alpha value is -1.63. The van der Waals surface area contributed by atoms with Crippen LogP contribution in [0.5, 0.6) is 5.75 Å². The fourth-order valence-electron chi connectivity index (χ4n) is 1.47. The summed E-state index contributed by atoms with van der Waals surface area (Å²) in [4.78, 5) is -0.228. The maximum atomic E-state index is 12.2. The first-order valence-electron chi connectivity index (χ1n) is 5.34. The zero-order valence-electron chi connectivity index (χ0n) is 10.0. The standard InChI is InChI=1S/C12H10Cl2N2O3S/c13-7-1-3-9(14)11(5-7)19-20(17,18)12-6-8(15)2-4-10(12)16/h1-6H,15-16H2. The fourth-order valence-corrected chi connectivity index (χ4v) is 2.94. The molecule has 0 saturated carbocycles. The first-order chi connectivity index (χ1) is 9.29. The zero-order valence-corrected chi connectivity index (χ0v) is 12.3. The Morgan fingerprint density at radius 3 is 2.40 bits per heavy atom. The molecule has 2 aromatic rings. The van der Waals surface area contributed by atoms with Crippen LogP contribution in [0.2, 0.25) is 10.0 Å². The van der Waals surface area contributed by atoms with E-state index in [2.05, 4.69) is 0 Å². The second kappa shape index (κ2) is 5.40. The summed E-state index contributed by atoms with van der Waals surface area (Å²) in [5.74, 6) is -0.0824. The number of hydrogen-bond acceptors (Lipinski definition) is 5. The summed E-state index contributed by atoms with van der Waals surface area (Å²) in [6, 6.07) is 8.31. The normalized spacial score (nSPS) is 11.3. The third-order valence-corrected chi connectivity index (χ3v) is 4.24. The van der Waals surface area contributed by atoms with Gasteiger partial charge in [0.05, 0.1) is 10.7 Å². The molecule has 0 aromatic heterocycles. The van der Waals surface area contributed by atoms with Crippen molar-refractivity contribution >= 4 is 44.7 Å². The average Bonchev–Trinajstić information content (AvgIpc) is 2.36. The quantitative estimate of drug-likeness (QED) is 0.665. The molecule has 0 aliphatic heterocycles. The van der Waals surface area contributed by atoms with Gasteiger partial charge in [-0.1, -0.05) is 23.2 Å². The molecule has 0 atom stereocenters.